The van der Waals surface area contributed by atoms with Crippen molar-refractivity contribution in [1.82, 2.24) is 25.5 Å². The van der Waals surface area contributed by atoms with E-state index in [2.05, 4.69) is 58.1 Å². The van der Waals surface area contributed by atoms with Gasteiger partial charge in [-0.05, 0) is 46.7 Å². The smallest absolute Gasteiger partial charge is 0.251 e. The molecule has 3 heterocycles. The molecular formula is C24H22N6O2. The first-order chi connectivity index (χ1) is 15.7. The van der Waals surface area contributed by atoms with Gasteiger partial charge in [-0.3, -0.25) is 9.69 Å². The van der Waals surface area contributed by atoms with Crippen molar-refractivity contribution in [3.05, 3.63) is 102 Å². The van der Waals surface area contributed by atoms with Crippen LogP contribution in [-0.2, 0) is 11.3 Å². The molecule has 160 valence electrons. The minimum Gasteiger partial charge on any atom is -0.467 e. The number of furan rings is 1. The number of nitrogens with one attached hydrogen (secondary N) is 1. The van der Waals surface area contributed by atoms with Gasteiger partial charge in [0.1, 0.15) is 18.3 Å². The number of rotatable bonds is 6. The van der Waals surface area contributed by atoms with Gasteiger partial charge in [0, 0.05) is 0 Å². The van der Waals surface area contributed by atoms with Gasteiger partial charge in [0.25, 0.3) is 5.95 Å². The molecule has 0 spiro atoms. The quantitative estimate of drug-likeness (QED) is 0.509. The van der Waals surface area contributed by atoms with Crippen LogP contribution >= 0.6 is 0 Å². The molecule has 0 aliphatic carbocycles. The molecule has 0 bridgehead atoms. The summed E-state index contributed by atoms with van der Waals surface area (Å²) in [5.74, 6) is 1.05. The van der Waals surface area contributed by atoms with Crippen molar-refractivity contribution in [3.8, 4) is 0 Å². The highest BCUT2D eigenvalue weighted by atomic mass is 16.3. The molecule has 2 aromatic carbocycles. The number of carbonyl (C=O) groups excluding carboxylic acids is 1. The Morgan fingerprint density at radius 1 is 1.06 bits per heavy atom. The summed E-state index contributed by atoms with van der Waals surface area (Å²) in [6.45, 7) is 2.45. The molecule has 1 N–H and O–H groups in total. The number of aryl methyl sites for hydroxylation is 1. The second-order valence-electron chi connectivity index (χ2n) is 7.64. The normalized spacial score (nSPS) is 15.2. The fraction of sp³-hybridized carbons (Fsp3) is 0.167. The van der Waals surface area contributed by atoms with Crippen molar-refractivity contribution in [2.75, 3.05) is 11.4 Å². The summed E-state index contributed by atoms with van der Waals surface area (Å²) >= 11 is 0. The molecule has 32 heavy (non-hydrogen) atoms. The molecule has 5 rings (SSSR count). The number of allylic oxidation sites excluding steroid dienone is 1. The number of amides is 1. The average Bonchev–Trinajstić information content (AvgIpc) is 3.52. The Hall–Kier alpha value is -4.20. The standard InChI is InChI=1S/C24H22N6O2/c1-17-9-11-19(12-10-17)22-14-21(18-6-3-2-4-7-18)29(24-26-27-28-30(22)24)16-23(31)25-15-20-8-5-13-32-20/h2-14,22H,15-16H2,1H3,(H,25,31)/t22-/m1/s1. The van der Waals surface area contributed by atoms with Crippen molar-refractivity contribution in [2.24, 2.45) is 0 Å². The fourth-order valence-corrected chi connectivity index (χ4v) is 3.78. The Labute approximate surface area is 185 Å². The summed E-state index contributed by atoms with van der Waals surface area (Å²) in [5.41, 5.74) is 4.12. The number of hydrogen-bond acceptors (Lipinski definition) is 6. The van der Waals surface area contributed by atoms with Crippen LogP contribution in [0.1, 0.15) is 28.5 Å². The predicted molar refractivity (Wildman–Crippen MR) is 119 cm³/mol. The van der Waals surface area contributed by atoms with Gasteiger partial charge in [-0.25, -0.2) is 0 Å². The number of aromatic nitrogens is 4. The van der Waals surface area contributed by atoms with E-state index in [1.54, 1.807) is 17.0 Å². The third kappa shape index (κ3) is 3.90. The number of benzene rings is 2. The summed E-state index contributed by atoms with van der Waals surface area (Å²) in [6, 6.07) is 21.7. The molecule has 8 nitrogen and oxygen atoms in total. The number of anilines is 1. The number of hydrogen-bond donors (Lipinski definition) is 1. The van der Waals surface area contributed by atoms with E-state index in [0.717, 1.165) is 16.8 Å². The number of tetrazole rings is 1. The Morgan fingerprint density at radius 2 is 1.88 bits per heavy atom. The van der Waals surface area contributed by atoms with Crippen LogP contribution in [0.5, 0.6) is 0 Å². The van der Waals surface area contributed by atoms with E-state index in [4.69, 9.17) is 4.42 Å². The monoisotopic (exact) mass is 426 g/mol. The van der Waals surface area contributed by atoms with Crippen molar-refractivity contribution in [1.29, 1.82) is 0 Å². The SMILES string of the molecule is Cc1ccc([C@H]2C=C(c3ccccc3)N(CC(=O)NCc3ccco3)c3nnnn32)cc1. The first-order valence-electron chi connectivity index (χ1n) is 10.4. The highest BCUT2D eigenvalue weighted by Crippen LogP contribution is 2.36. The molecule has 8 heteroatoms. The number of carbonyl (C=O) groups is 1. The van der Waals surface area contributed by atoms with Crippen molar-refractivity contribution >= 4 is 17.6 Å². The molecule has 0 fully saturated rings. The van der Waals surface area contributed by atoms with Gasteiger partial charge >= 0.3 is 0 Å². The van der Waals surface area contributed by atoms with E-state index in [-0.39, 0.29) is 18.5 Å². The van der Waals surface area contributed by atoms with Crippen molar-refractivity contribution in [2.45, 2.75) is 19.5 Å². The van der Waals surface area contributed by atoms with Crippen LogP contribution in [0.2, 0.25) is 0 Å². The molecule has 0 saturated heterocycles. The third-order valence-electron chi connectivity index (χ3n) is 5.42. The largest absolute Gasteiger partial charge is 0.467 e. The second-order valence-corrected chi connectivity index (χ2v) is 7.64. The summed E-state index contributed by atoms with van der Waals surface area (Å²) < 4.78 is 7.05. The van der Waals surface area contributed by atoms with Crippen LogP contribution in [0.15, 0.2) is 83.5 Å². The van der Waals surface area contributed by atoms with E-state index in [9.17, 15) is 4.79 Å². The van der Waals surface area contributed by atoms with Crippen LogP contribution in [-0.4, -0.2) is 32.7 Å². The average molecular weight is 426 g/mol. The van der Waals surface area contributed by atoms with Gasteiger partial charge in [-0.15, -0.1) is 0 Å². The molecule has 0 saturated carbocycles. The molecule has 4 aromatic rings. The molecule has 1 atom stereocenters. The lowest BCUT2D eigenvalue weighted by Crippen LogP contribution is -2.39. The first-order valence-corrected chi connectivity index (χ1v) is 10.4. The predicted octanol–water partition coefficient (Wildman–Crippen LogP) is 3.34. The minimum absolute atomic E-state index is 0.0719. The van der Waals surface area contributed by atoms with Gasteiger partial charge in [0.2, 0.25) is 5.91 Å². The molecule has 2 aromatic heterocycles. The summed E-state index contributed by atoms with van der Waals surface area (Å²) in [7, 11) is 0. The minimum atomic E-state index is -0.182. The molecule has 1 aliphatic rings. The van der Waals surface area contributed by atoms with Crippen molar-refractivity contribution in [3.63, 3.8) is 0 Å². The highest BCUT2D eigenvalue weighted by molar-refractivity contribution is 5.89. The van der Waals surface area contributed by atoms with E-state index in [1.807, 2.05) is 41.3 Å². The zero-order chi connectivity index (χ0) is 21.9. The second kappa shape index (κ2) is 8.50. The highest BCUT2D eigenvalue weighted by Gasteiger charge is 2.31. The molecule has 1 aliphatic heterocycles. The molecular weight excluding hydrogens is 404 g/mol. The fourth-order valence-electron chi connectivity index (χ4n) is 3.78. The Kier molecular flexibility index (Phi) is 5.25. The van der Waals surface area contributed by atoms with Crippen LogP contribution in [0.3, 0.4) is 0 Å². The lowest BCUT2D eigenvalue weighted by molar-refractivity contribution is -0.119. The maximum atomic E-state index is 12.8. The summed E-state index contributed by atoms with van der Waals surface area (Å²) in [4.78, 5) is 14.6. The van der Waals surface area contributed by atoms with Crippen LogP contribution < -0.4 is 10.2 Å². The third-order valence-corrected chi connectivity index (χ3v) is 5.42. The lowest BCUT2D eigenvalue weighted by Gasteiger charge is -2.32. The zero-order valence-corrected chi connectivity index (χ0v) is 17.5. The van der Waals surface area contributed by atoms with Gasteiger partial charge in [-0.2, -0.15) is 4.68 Å². The summed E-state index contributed by atoms with van der Waals surface area (Å²) in [6.07, 6.45) is 3.69. The van der Waals surface area contributed by atoms with E-state index >= 15 is 0 Å². The van der Waals surface area contributed by atoms with Crippen LogP contribution in [0, 0.1) is 6.92 Å². The lowest BCUT2D eigenvalue weighted by atomic mass is 10.00. The van der Waals surface area contributed by atoms with Gasteiger partial charge in [-0.1, -0.05) is 65.3 Å². The van der Waals surface area contributed by atoms with E-state index in [1.165, 1.54) is 5.56 Å². The molecule has 0 unspecified atom stereocenters. The first kappa shape index (κ1) is 19.7. The Balaban J connectivity index is 1.49. The van der Waals surface area contributed by atoms with Gasteiger partial charge in [0.15, 0.2) is 0 Å². The molecule has 1 amide bonds. The van der Waals surface area contributed by atoms with Crippen molar-refractivity contribution < 1.29 is 9.21 Å². The van der Waals surface area contributed by atoms with E-state index < -0.39 is 0 Å². The summed E-state index contributed by atoms with van der Waals surface area (Å²) in [5, 5.41) is 15.3. The number of fused-ring (bicyclic) bond motifs is 1. The Bertz CT molecular complexity index is 1230. The maximum absolute atomic E-state index is 12.8. The number of nitrogens with zero attached hydrogens (tertiary/aromatic N) is 5. The zero-order valence-electron chi connectivity index (χ0n) is 17.5. The van der Waals surface area contributed by atoms with Crippen LogP contribution in [0.4, 0.5) is 5.95 Å². The topological polar surface area (TPSA) is 89.1 Å². The Morgan fingerprint density at radius 3 is 2.62 bits per heavy atom. The van der Waals surface area contributed by atoms with Crippen LogP contribution in [0.25, 0.3) is 5.70 Å². The van der Waals surface area contributed by atoms with Gasteiger partial charge in [0.05, 0.1) is 18.5 Å². The maximum Gasteiger partial charge on any atom is 0.251 e. The van der Waals surface area contributed by atoms with Gasteiger partial charge < -0.3 is 9.73 Å². The molecule has 0 radical (unpaired) electrons. The van der Waals surface area contributed by atoms with E-state index in [0.29, 0.717) is 18.3 Å².